The highest BCUT2D eigenvalue weighted by molar-refractivity contribution is 5.66. The summed E-state index contributed by atoms with van der Waals surface area (Å²) in [7, 11) is 2.08. The van der Waals surface area contributed by atoms with Crippen molar-refractivity contribution in [1.29, 1.82) is 0 Å². The number of nitrogens with one attached hydrogen (secondary N) is 1. The van der Waals surface area contributed by atoms with Gasteiger partial charge in [-0.05, 0) is 45.0 Å². The van der Waals surface area contributed by atoms with Gasteiger partial charge in [-0.3, -0.25) is 0 Å². The van der Waals surface area contributed by atoms with E-state index in [0.717, 1.165) is 38.2 Å². The first-order valence-corrected chi connectivity index (χ1v) is 8.37. The molecular formula is C18H20F4N4. The van der Waals surface area contributed by atoms with E-state index in [1.807, 2.05) is 0 Å². The third-order valence-electron chi connectivity index (χ3n) is 4.60. The largest absolute Gasteiger partial charge is 0.416 e. The number of likely N-dealkylation sites (tertiary alicyclic amines) is 1. The Morgan fingerprint density at radius 2 is 2.04 bits per heavy atom. The van der Waals surface area contributed by atoms with Crippen molar-refractivity contribution < 1.29 is 17.6 Å². The van der Waals surface area contributed by atoms with Gasteiger partial charge >= 0.3 is 6.18 Å². The molecule has 0 bridgehead atoms. The van der Waals surface area contributed by atoms with Crippen LogP contribution in [0.3, 0.4) is 0 Å². The normalized spacial score (nSPS) is 18.3. The molecule has 1 saturated heterocycles. The van der Waals surface area contributed by atoms with Gasteiger partial charge in [0.25, 0.3) is 0 Å². The molecule has 1 unspecified atom stereocenters. The molecule has 8 heteroatoms. The van der Waals surface area contributed by atoms with Gasteiger partial charge in [-0.25, -0.2) is 14.4 Å². The Hall–Kier alpha value is -2.22. The number of rotatable bonds is 4. The SMILES string of the molecule is Cc1nc(NCC2CCN(C)C2)ncc1-c1ccc(C(F)(F)F)cc1F. The van der Waals surface area contributed by atoms with E-state index < -0.39 is 17.6 Å². The third kappa shape index (κ3) is 4.12. The minimum Gasteiger partial charge on any atom is -0.354 e. The molecule has 1 atom stereocenters. The topological polar surface area (TPSA) is 41.1 Å². The van der Waals surface area contributed by atoms with E-state index >= 15 is 0 Å². The van der Waals surface area contributed by atoms with E-state index in [-0.39, 0.29) is 5.56 Å². The molecule has 0 aliphatic carbocycles. The molecule has 0 radical (unpaired) electrons. The van der Waals surface area contributed by atoms with Crippen LogP contribution in [0.2, 0.25) is 0 Å². The highest BCUT2D eigenvalue weighted by Crippen LogP contribution is 2.33. The average Bonchev–Trinajstić information content (AvgIpc) is 2.98. The summed E-state index contributed by atoms with van der Waals surface area (Å²) in [6.45, 7) is 4.51. The minimum atomic E-state index is -4.58. The number of benzene rings is 1. The zero-order chi connectivity index (χ0) is 18.9. The second-order valence-electron chi connectivity index (χ2n) is 6.68. The quantitative estimate of drug-likeness (QED) is 0.829. The van der Waals surface area contributed by atoms with Crippen LogP contribution in [0.1, 0.15) is 17.7 Å². The number of aryl methyl sites for hydroxylation is 1. The van der Waals surface area contributed by atoms with Gasteiger partial charge in [0, 0.05) is 30.4 Å². The summed E-state index contributed by atoms with van der Waals surface area (Å²) in [4.78, 5) is 10.8. The van der Waals surface area contributed by atoms with E-state index in [9.17, 15) is 17.6 Å². The van der Waals surface area contributed by atoms with Crippen molar-refractivity contribution in [2.75, 3.05) is 32.0 Å². The molecule has 0 saturated carbocycles. The number of halogens is 4. The molecule has 0 spiro atoms. The Morgan fingerprint density at radius 3 is 2.62 bits per heavy atom. The molecular weight excluding hydrogens is 348 g/mol. The summed E-state index contributed by atoms with van der Waals surface area (Å²) in [5.74, 6) is 0.0188. The van der Waals surface area contributed by atoms with Crippen molar-refractivity contribution in [2.24, 2.45) is 5.92 Å². The van der Waals surface area contributed by atoms with Gasteiger partial charge in [0.15, 0.2) is 0 Å². The van der Waals surface area contributed by atoms with Gasteiger partial charge < -0.3 is 10.2 Å². The fourth-order valence-electron chi connectivity index (χ4n) is 3.16. The first kappa shape index (κ1) is 18.6. The lowest BCUT2D eigenvalue weighted by molar-refractivity contribution is -0.137. The molecule has 1 aromatic carbocycles. The fourth-order valence-corrected chi connectivity index (χ4v) is 3.16. The maximum Gasteiger partial charge on any atom is 0.416 e. The monoisotopic (exact) mass is 368 g/mol. The molecule has 3 rings (SSSR count). The van der Waals surface area contributed by atoms with E-state index in [1.165, 1.54) is 6.20 Å². The number of hydrogen-bond acceptors (Lipinski definition) is 4. The predicted octanol–water partition coefficient (Wildman–Crippen LogP) is 3.97. The molecule has 26 heavy (non-hydrogen) atoms. The smallest absolute Gasteiger partial charge is 0.354 e. The lowest BCUT2D eigenvalue weighted by atomic mass is 10.0. The van der Waals surface area contributed by atoms with Crippen LogP contribution in [-0.2, 0) is 6.18 Å². The Bertz CT molecular complexity index is 791. The zero-order valence-corrected chi connectivity index (χ0v) is 14.6. The van der Waals surface area contributed by atoms with Crippen molar-refractivity contribution in [2.45, 2.75) is 19.5 Å². The van der Waals surface area contributed by atoms with Gasteiger partial charge in [0.05, 0.1) is 11.3 Å². The first-order valence-electron chi connectivity index (χ1n) is 8.37. The third-order valence-corrected chi connectivity index (χ3v) is 4.60. The summed E-state index contributed by atoms with van der Waals surface area (Å²) < 4.78 is 52.2. The van der Waals surface area contributed by atoms with Crippen molar-refractivity contribution in [1.82, 2.24) is 14.9 Å². The molecule has 2 aromatic rings. The van der Waals surface area contributed by atoms with Crippen LogP contribution in [0, 0.1) is 18.7 Å². The van der Waals surface area contributed by atoms with Gasteiger partial charge in [-0.15, -0.1) is 0 Å². The van der Waals surface area contributed by atoms with Gasteiger partial charge in [0.2, 0.25) is 5.95 Å². The summed E-state index contributed by atoms with van der Waals surface area (Å²) in [6, 6.07) is 2.48. The van der Waals surface area contributed by atoms with Crippen LogP contribution in [0.15, 0.2) is 24.4 Å². The Kier molecular flexibility index (Phi) is 5.13. The van der Waals surface area contributed by atoms with Gasteiger partial charge in [-0.2, -0.15) is 13.2 Å². The maximum atomic E-state index is 14.2. The predicted molar refractivity (Wildman–Crippen MR) is 91.3 cm³/mol. The molecule has 1 N–H and O–H groups in total. The molecule has 0 amide bonds. The van der Waals surface area contributed by atoms with Gasteiger partial charge in [0.1, 0.15) is 5.82 Å². The van der Waals surface area contributed by atoms with Crippen LogP contribution in [0.25, 0.3) is 11.1 Å². The Labute approximate surface area is 149 Å². The second-order valence-corrected chi connectivity index (χ2v) is 6.68. The van der Waals surface area contributed by atoms with Crippen LogP contribution in [0.4, 0.5) is 23.5 Å². The van der Waals surface area contributed by atoms with E-state index in [0.29, 0.717) is 29.2 Å². The van der Waals surface area contributed by atoms with Crippen molar-refractivity contribution in [3.63, 3.8) is 0 Å². The molecule has 4 nitrogen and oxygen atoms in total. The summed E-state index contributed by atoms with van der Waals surface area (Å²) in [5.41, 5.74) is -0.0799. The average molecular weight is 368 g/mol. The second kappa shape index (κ2) is 7.19. The molecule has 1 aliphatic rings. The van der Waals surface area contributed by atoms with Crippen molar-refractivity contribution in [3.8, 4) is 11.1 Å². The fraction of sp³-hybridized carbons (Fsp3) is 0.444. The number of anilines is 1. The molecule has 2 heterocycles. The van der Waals surface area contributed by atoms with Crippen molar-refractivity contribution >= 4 is 5.95 Å². The first-order chi connectivity index (χ1) is 12.2. The zero-order valence-electron chi connectivity index (χ0n) is 14.6. The van der Waals surface area contributed by atoms with Gasteiger partial charge in [-0.1, -0.05) is 6.07 Å². The lowest BCUT2D eigenvalue weighted by Gasteiger charge is -2.13. The standard InChI is InChI=1S/C18H20F4N4/c1-11-15(14-4-3-13(7-16(14)19)18(20,21)22)9-24-17(25-11)23-8-12-5-6-26(2)10-12/h3-4,7,9,12H,5-6,8,10H2,1-2H3,(H,23,24,25). The van der Waals surface area contributed by atoms with Crippen LogP contribution in [-0.4, -0.2) is 41.5 Å². The number of nitrogens with zero attached hydrogens (tertiary/aromatic N) is 3. The summed E-state index contributed by atoms with van der Waals surface area (Å²) in [5, 5.41) is 3.18. The molecule has 140 valence electrons. The van der Waals surface area contributed by atoms with Crippen LogP contribution >= 0.6 is 0 Å². The number of alkyl halides is 3. The van der Waals surface area contributed by atoms with Crippen LogP contribution in [0.5, 0.6) is 0 Å². The highest BCUT2D eigenvalue weighted by Gasteiger charge is 2.31. The lowest BCUT2D eigenvalue weighted by Crippen LogP contribution is -2.20. The number of hydrogen-bond donors (Lipinski definition) is 1. The van der Waals surface area contributed by atoms with Crippen LogP contribution < -0.4 is 5.32 Å². The Morgan fingerprint density at radius 1 is 1.27 bits per heavy atom. The van der Waals surface area contributed by atoms with E-state index in [2.05, 4.69) is 27.2 Å². The Balaban J connectivity index is 1.75. The van der Waals surface area contributed by atoms with Crippen molar-refractivity contribution in [3.05, 3.63) is 41.5 Å². The molecule has 1 fully saturated rings. The number of aromatic nitrogens is 2. The summed E-state index contributed by atoms with van der Waals surface area (Å²) >= 11 is 0. The van der Waals surface area contributed by atoms with E-state index in [4.69, 9.17) is 0 Å². The highest BCUT2D eigenvalue weighted by atomic mass is 19.4. The minimum absolute atomic E-state index is 0.0551. The summed E-state index contributed by atoms with van der Waals surface area (Å²) in [6.07, 6.45) is -2.03. The molecule has 1 aromatic heterocycles. The molecule has 1 aliphatic heterocycles. The van der Waals surface area contributed by atoms with E-state index in [1.54, 1.807) is 6.92 Å². The maximum absolute atomic E-state index is 14.2.